The van der Waals surface area contributed by atoms with Gasteiger partial charge in [-0.25, -0.2) is 14.4 Å². The lowest BCUT2D eigenvalue weighted by Gasteiger charge is -2.05. The van der Waals surface area contributed by atoms with Gasteiger partial charge in [0.2, 0.25) is 11.6 Å². The molecule has 30 heavy (non-hydrogen) atoms. The van der Waals surface area contributed by atoms with Gasteiger partial charge in [0.25, 0.3) is 5.91 Å². The third-order valence-electron chi connectivity index (χ3n) is 3.95. The van der Waals surface area contributed by atoms with Gasteiger partial charge in [0, 0.05) is 5.56 Å². The molecule has 0 radical (unpaired) electrons. The molecular weight excluding hydrogens is 459 g/mol. The normalized spacial score (nSPS) is 11.1. The molecule has 10 nitrogen and oxygen atoms in total. The fourth-order valence-corrected chi connectivity index (χ4v) is 2.98. The van der Waals surface area contributed by atoms with Crippen molar-refractivity contribution in [3.05, 3.63) is 70.1 Å². The summed E-state index contributed by atoms with van der Waals surface area (Å²) in [6.45, 7) is 0. The molecule has 0 aliphatic rings. The highest BCUT2D eigenvalue weighted by atomic mass is 79.9. The lowest BCUT2D eigenvalue weighted by Crippen LogP contribution is -2.19. The number of nitrogens with zero attached hydrogens (tertiary/aromatic N) is 6. The maximum Gasteiger partial charge on any atom is 0.294 e. The molecule has 0 aliphatic heterocycles. The number of carbonyl (C=O) groups is 1. The number of hydrogen-bond donors (Lipinski definition) is 2. The van der Waals surface area contributed by atoms with E-state index in [1.54, 1.807) is 24.3 Å². The molecule has 0 fully saturated rings. The van der Waals surface area contributed by atoms with E-state index >= 15 is 0 Å². The van der Waals surface area contributed by atoms with Crippen LogP contribution in [0, 0.1) is 5.82 Å². The highest BCUT2D eigenvalue weighted by Crippen LogP contribution is 2.26. The number of nitrogens with one attached hydrogen (secondary N) is 1. The molecule has 12 heteroatoms. The number of hydrazone groups is 1. The summed E-state index contributed by atoms with van der Waals surface area (Å²) in [5, 5.41) is 19.1. The average Bonchev–Trinajstić information content (AvgIpc) is 3.37. The molecule has 0 spiro atoms. The highest BCUT2D eigenvalue weighted by molar-refractivity contribution is 9.10. The maximum absolute atomic E-state index is 13.3. The molecular formula is C18H12BrFN8O2. The smallest absolute Gasteiger partial charge is 0.294 e. The Morgan fingerprint density at radius 1 is 1.23 bits per heavy atom. The predicted molar refractivity (Wildman–Crippen MR) is 108 cm³/mol. The lowest BCUT2D eigenvalue weighted by atomic mass is 10.1. The zero-order chi connectivity index (χ0) is 21.1. The summed E-state index contributed by atoms with van der Waals surface area (Å²) in [5.74, 6) is -0.932. The first-order valence-electron chi connectivity index (χ1n) is 8.42. The van der Waals surface area contributed by atoms with Gasteiger partial charge < -0.3 is 5.73 Å². The molecule has 2 aromatic carbocycles. The summed E-state index contributed by atoms with van der Waals surface area (Å²) in [4.78, 5) is 12.7. The fraction of sp³-hybridized carbons (Fsp3) is 0. The molecule has 0 unspecified atom stereocenters. The summed E-state index contributed by atoms with van der Waals surface area (Å²) >= 11 is 3.09. The van der Waals surface area contributed by atoms with Crippen LogP contribution >= 0.6 is 15.9 Å². The van der Waals surface area contributed by atoms with E-state index in [4.69, 9.17) is 5.73 Å². The van der Waals surface area contributed by atoms with Crippen molar-refractivity contribution in [2.45, 2.75) is 0 Å². The number of anilines is 1. The van der Waals surface area contributed by atoms with E-state index in [1.807, 2.05) is 6.07 Å². The summed E-state index contributed by atoms with van der Waals surface area (Å²) in [5.41, 5.74) is 9.68. The van der Waals surface area contributed by atoms with Crippen molar-refractivity contribution < 1.29 is 13.8 Å². The molecule has 3 N–H and O–H groups in total. The molecule has 4 rings (SSSR count). The Hall–Kier alpha value is -3.93. The van der Waals surface area contributed by atoms with Crippen LogP contribution in [0.2, 0.25) is 0 Å². The van der Waals surface area contributed by atoms with Crippen molar-refractivity contribution in [3.8, 4) is 17.1 Å². The number of nitrogen functional groups attached to an aromatic ring is 1. The molecule has 0 saturated carbocycles. The SMILES string of the molecule is Nc1nonc1-n1nnc(C(=O)NN=Cc2ccc(F)c(Br)c2)c1-c1ccccc1. The minimum atomic E-state index is -0.618. The Morgan fingerprint density at radius 2 is 2.03 bits per heavy atom. The first-order valence-corrected chi connectivity index (χ1v) is 9.22. The van der Waals surface area contributed by atoms with Crippen molar-refractivity contribution in [1.82, 2.24) is 30.7 Å². The summed E-state index contributed by atoms with van der Waals surface area (Å²) in [6.07, 6.45) is 1.37. The van der Waals surface area contributed by atoms with Crippen LogP contribution in [0.4, 0.5) is 10.2 Å². The van der Waals surface area contributed by atoms with E-state index in [9.17, 15) is 9.18 Å². The van der Waals surface area contributed by atoms with Crippen LogP contribution in [-0.4, -0.2) is 37.4 Å². The fourth-order valence-electron chi connectivity index (χ4n) is 2.59. The Balaban J connectivity index is 1.66. The molecule has 4 aromatic rings. The van der Waals surface area contributed by atoms with Crippen molar-refractivity contribution >= 4 is 33.9 Å². The average molecular weight is 471 g/mol. The van der Waals surface area contributed by atoms with E-state index in [1.165, 1.54) is 29.1 Å². The van der Waals surface area contributed by atoms with Gasteiger partial charge in [-0.2, -0.15) is 9.78 Å². The molecule has 0 aliphatic carbocycles. The number of nitrogens with two attached hydrogens (primary N) is 1. The van der Waals surface area contributed by atoms with Gasteiger partial charge in [0.05, 0.1) is 10.7 Å². The quantitative estimate of drug-likeness (QED) is 0.337. The van der Waals surface area contributed by atoms with Crippen LogP contribution in [-0.2, 0) is 0 Å². The standard InChI is InChI=1S/C18H12BrFN8O2/c19-12-8-10(6-7-13(12)20)9-22-24-18(29)14-15(11-4-2-1-3-5-11)28(27-23-14)17-16(21)25-30-26-17/h1-9H,(H2,21,25)(H,24,29). The minimum absolute atomic E-state index is 0.0102. The van der Waals surface area contributed by atoms with Gasteiger partial charge in [-0.05, 0) is 43.9 Å². The first kappa shape index (κ1) is 19.4. The minimum Gasteiger partial charge on any atom is -0.378 e. The van der Waals surface area contributed by atoms with E-state index in [0.717, 1.165) is 0 Å². The highest BCUT2D eigenvalue weighted by Gasteiger charge is 2.24. The van der Waals surface area contributed by atoms with Crippen molar-refractivity contribution in [2.24, 2.45) is 5.10 Å². The number of aromatic nitrogens is 5. The molecule has 1 amide bonds. The third kappa shape index (κ3) is 3.80. The van der Waals surface area contributed by atoms with E-state index < -0.39 is 11.7 Å². The van der Waals surface area contributed by atoms with Crippen LogP contribution in [0.1, 0.15) is 16.1 Å². The van der Waals surface area contributed by atoms with Crippen molar-refractivity contribution in [1.29, 1.82) is 0 Å². The number of halogens is 2. The van der Waals surface area contributed by atoms with Crippen LogP contribution < -0.4 is 11.2 Å². The van der Waals surface area contributed by atoms with Crippen LogP contribution in [0.5, 0.6) is 0 Å². The van der Waals surface area contributed by atoms with E-state index in [2.05, 4.69) is 51.7 Å². The number of hydrogen-bond acceptors (Lipinski definition) is 8. The zero-order valence-corrected chi connectivity index (χ0v) is 16.6. The van der Waals surface area contributed by atoms with Gasteiger partial charge >= 0.3 is 0 Å². The van der Waals surface area contributed by atoms with Gasteiger partial charge in [-0.15, -0.1) is 5.10 Å². The topological polar surface area (TPSA) is 137 Å². The predicted octanol–water partition coefficient (Wildman–Crippen LogP) is 2.57. The van der Waals surface area contributed by atoms with Gasteiger partial charge in [0.1, 0.15) is 11.5 Å². The maximum atomic E-state index is 13.3. The first-order chi connectivity index (χ1) is 14.5. The largest absolute Gasteiger partial charge is 0.378 e. The Labute approximate surface area is 176 Å². The van der Waals surface area contributed by atoms with Crippen molar-refractivity contribution in [3.63, 3.8) is 0 Å². The Kier molecular flexibility index (Phi) is 5.30. The Morgan fingerprint density at radius 3 is 2.73 bits per heavy atom. The van der Waals surface area contributed by atoms with Crippen LogP contribution in [0.25, 0.3) is 17.1 Å². The second kappa shape index (κ2) is 8.21. The number of carbonyl (C=O) groups excluding carboxylic acids is 1. The lowest BCUT2D eigenvalue weighted by molar-refractivity contribution is 0.0950. The number of benzene rings is 2. The number of amides is 1. The van der Waals surface area contributed by atoms with Gasteiger partial charge in [0.15, 0.2) is 5.69 Å². The van der Waals surface area contributed by atoms with E-state index in [-0.39, 0.29) is 21.8 Å². The van der Waals surface area contributed by atoms with Gasteiger partial charge in [-0.3, -0.25) is 4.79 Å². The summed E-state index contributed by atoms with van der Waals surface area (Å²) in [6, 6.07) is 13.3. The molecule has 150 valence electrons. The Bertz CT molecular complexity index is 1240. The monoisotopic (exact) mass is 470 g/mol. The second-order valence-corrected chi connectivity index (χ2v) is 6.76. The molecule has 2 aromatic heterocycles. The van der Waals surface area contributed by atoms with Crippen LogP contribution in [0.15, 0.2) is 62.7 Å². The van der Waals surface area contributed by atoms with Crippen LogP contribution in [0.3, 0.4) is 0 Å². The second-order valence-electron chi connectivity index (χ2n) is 5.91. The van der Waals surface area contributed by atoms with Gasteiger partial charge in [-0.1, -0.05) is 41.6 Å². The van der Waals surface area contributed by atoms with E-state index in [0.29, 0.717) is 16.8 Å². The molecule has 0 bridgehead atoms. The number of rotatable bonds is 5. The molecule has 0 saturated heterocycles. The molecule has 2 heterocycles. The van der Waals surface area contributed by atoms with Crippen molar-refractivity contribution in [2.75, 3.05) is 5.73 Å². The third-order valence-corrected chi connectivity index (χ3v) is 4.56. The summed E-state index contributed by atoms with van der Waals surface area (Å²) < 4.78 is 19.5. The molecule has 0 atom stereocenters. The summed E-state index contributed by atoms with van der Waals surface area (Å²) in [7, 11) is 0. The zero-order valence-electron chi connectivity index (χ0n) is 15.0.